The second-order valence-electron chi connectivity index (χ2n) is 12.1. The Morgan fingerprint density at radius 2 is 0.909 bits per heavy atom. The predicted molar refractivity (Wildman–Crippen MR) is 221 cm³/mol. The first-order valence-corrected chi connectivity index (χ1v) is 21.7. The Morgan fingerprint density at radius 3 is 1.23 bits per heavy atom. The maximum atomic E-state index is 11.5. The van der Waals surface area contributed by atoms with Gasteiger partial charge in [0.25, 0.3) is 0 Å². The third-order valence-electron chi connectivity index (χ3n) is 7.47. The number of thiocarbonyl (C=S) groups is 2. The Balaban J connectivity index is -0.000000748. The van der Waals surface area contributed by atoms with Crippen molar-refractivity contribution in [3.8, 4) is 0 Å². The van der Waals surface area contributed by atoms with E-state index in [1.54, 1.807) is 37.4 Å². The van der Waals surface area contributed by atoms with Crippen molar-refractivity contribution in [3.63, 3.8) is 0 Å². The van der Waals surface area contributed by atoms with Crippen LogP contribution in [0.5, 0.6) is 0 Å². The lowest BCUT2D eigenvalue weighted by Crippen LogP contribution is -2.25. The number of carbonyl (C=O) groups is 2. The zero-order valence-electron chi connectivity index (χ0n) is 28.9. The maximum Gasteiger partial charge on any atom is 0.145 e. The molecule has 44 heavy (non-hydrogen) atoms. The quantitative estimate of drug-likeness (QED) is 0.0644. The highest BCUT2D eigenvalue weighted by molar-refractivity contribution is 8.48. The molecule has 262 valence electrons. The van der Waals surface area contributed by atoms with Crippen LogP contribution in [-0.2, 0) is 9.59 Å². The largest absolute Gasteiger partial charge is 0.299 e. The lowest BCUT2D eigenvalue weighted by molar-refractivity contribution is -0.118. The van der Waals surface area contributed by atoms with Crippen molar-refractivity contribution in [1.82, 2.24) is 0 Å². The molecule has 1 atom stereocenters. The molecule has 0 amide bonds. The van der Waals surface area contributed by atoms with Gasteiger partial charge >= 0.3 is 0 Å². The molecule has 0 heterocycles. The number of Topliss-reactive ketones (excluding diaryl/α,β-unsaturated/α-hetero) is 2. The van der Waals surface area contributed by atoms with Gasteiger partial charge < -0.3 is 0 Å². The first-order chi connectivity index (χ1) is 20.5. The molecule has 0 rings (SSSR count). The van der Waals surface area contributed by atoms with Crippen LogP contribution in [0.15, 0.2) is 0 Å². The molecule has 0 bridgehead atoms. The van der Waals surface area contributed by atoms with Gasteiger partial charge in [-0.3, -0.25) is 9.59 Å². The summed E-state index contributed by atoms with van der Waals surface area (Å²) in [6, 6.07) is 0. The molecule has 0 radical (unpaired) electrons. The SMILES string of the molecule is C.CCCCCCCCCCCCSC(=S)SC(C)(C)C(C)=O.CCCCCCCCCCCCSC(=S)SC(C)C(C)=O. The number of hydrogen-bond acceptors (Lipinski definition) is 8. The molecule has 0 saturated heterocycles. The third kappa shape index (κ3) is 35.8. The fourth-order valence-corrected chi connectivity index (χ4v) is 9.73. The first-order valence-electron chi connectivity index (χ1n) is 17.2. The number of thioether (sulfide) groups is 4. The minimum Gasteiger partial charge on any atom is -0.299 e. The van der Waals surface area contributed by atoms with Crippen molar-refractivity contribution in [2.75, 3.05) is 11.5 Å². The average molecular weight is 727 g/mol. The molecule has 0 spiro atoms. The maximum absolute atomic E-state index is 11.5. The summed E-state index contributed by atoms with van der Waals surface area (Å²) in [4.78, 5) is 22.6. The Labute approximate surface area is 303 Å². The lowest BCUT2D eigenvalue weighted by Gasteiger charge is -2.20. The van der Waals surface area contributed by atoms with Crippen LogP contribution in [0.2, 0.25) is 0 Å². The number of carbonyl (C=O) groups excluding carboxylic acids is 2. The van der Waals surface area contributed by atoms with E-state index < -0.39 is 0 Å². The zero-order valence-corrected chi connectivity index (χ0v) is 33.8. The highest BCUT2D eigenvalue weighted by atomic mass is 32.2. The molecule has 0 N–H and O–H groups in total. The van der Waals surface area contributed by atoms with Crippen molar-refractivity contribution in [2.24, 2.45) is 0 Å². The van der Waals surface area contributed by atoms with E-state index in [9.17, 15) is 9.59 Å². The molecular formula is C36H70O2S6. The molecule has 2 nitrogen and oxygen atoms in total. The van der Waals surface area contributed by atoms with Gasteiger partial charge in [-0.2, -0.15) is 0 Å². The molecule has 0 saturated carbocycles. The van der Waals surface area contributed by atoms with E-state index in [1.165, 1.54) is 152 Å². The van der Waals surface area contributed by atoms with Crippen LogP contribution >= 0.6 is 71.5 Å². The second-order valence-corrected chi connectivity index (χ2v) is 19.7. The van der Waals surface area contributed by atoms with E-state index in [0.717, 1.165) is 18.6 Å². The minimum atomic E-state index is -0.373. The fourth-order valence-electron chi connectivity index (χ4n) is 4.06. The van der Waals surface area contributed by atoms with Gasteiger partial charge in [0.05, 0.1) is 10.00 Å². The number of ketones is 2. The van der Waals surface area contributed by atoms with Gasteiger partial charge in [0.15, 0.2) is 0 Å². The van der Waals surface area contributed by atoms with Gasteiger partial charge in [-0.15, -0.1) is 23.5 Å². The Morgan fingerprint density at radius 1 is 0.591 bits per heavy atom. The van der Waals surface area contributed by atoms with Crippen LogP contribution in [0.3, 0.4) is 0 Å². The normalized spacial score (nSPS) is 11.7. The second kappa shape index (κ2) is 35.2. The van der Waals surface area contributed by atoms with E-state index in [-0.39, 0.29) is 29.0 Å². The molecule has 0 aliphatic rings. The van der Waals surface area contributed by atoms with E-state index in [0.29, 0.717) is 0 Å². The number of unbranched alkanes of at least 4 members (excludes halogenated alkanes) is 18. The van der Waals surface area contributed by atoms with E-state index in [1.807, 2.05) is 20.8 Å². The highest BCUT2D eigenvalue weighted by Crippen LogP contribution is 2.32. The summed E-state index contributed by atoms with van der Waals surface area (Å²) >= 11 is 17.2. The van der Waals surface area contributed by atoms with Crippen LogP contribution < -0.4 is 0 Å². The molecule has 8 heteroatoms. The van der Waals surface area contributed by atoms with Crippen LogP contribution in [0.1, 0.15) is 184 Å². The summed E-state index contributed by atoms with van der Waals surface area (Å²) < 4.78 is 1.46. The Hall–Kier alpha value is 0.920. The topological polar surface area (TPSA) is 34.1 Å². The van der Waals surface area contributed by atoms with Crippen molar-refractivity contribution < 1.29 is 9.59 Å². The highest BCUT2D eigenvalue weighted by Gasteiger charge is 2.26. The molecule has 1 unspecified atom stereocenters. The van der Waals surface area contributed by atoms with Crippen molar-refractivity contribution in [3.05, 3.63) is 0 Å². The zero-order chi connectivity index (χ0) is 32.8. The molecule has 0 aromatic carbocycles. The van der Waals surface area contributed by atoms with Crippen LogP contribution in [0, 0.1) is 0 Å². The van der Waals surface area contributed by atoms with Crippen molar-refractivity contribution >= 4 is 90.1 Å². The van der Waals surface area contributed by atoms with Gasteiger partial charge in [-0.1, -0.05) is 185 Å². The van der Waals surface area contributed by atoms with Crippen LogP contribution in [0.25, 0.3) is 0 Å². The molecule has 0 aliphatic carbocycles. The predicted octanol–water partition coefficient (Wildman–Crippen LogP) is 14.3. The summed E-state index contributed by atoms with van der Waals surface area (Å²) in [6.07, 6.45) is 27.4. The number of hydrogen-bond donors (Lipinski definition) is 0. The molecular weight excluding hydrogens is 657 g/mol. The molecule has 0 aromatic heterocycles. The average Bonchev–Trinajstić information content (AvgIpc) is 2.94. The van der Waals surface area contributed by atoms with E-state index in [4.69, 9.17) is 24.4 Å². The van der Waals surface area contributed by atoms with Gasteiger partial charge in [0.1, 0.15) is 18.6 Å². The van der Waals surface area contributed by atoms with Gasteiger partial charge in [0, 0.05) is 0 Å². The van der Waals surface area contributed by atoms with Crippen LogP contribution in [0.4, 0.5) is 0 Å². The van der Waals surface area contributed by atoms with Gasteiger partial charge in [-0.05, 0) is 59.0 Å². The van der Waals surface area contributed by atoms with Crippen molar-refractivity contribution in [2.45, 2.75) is 194 Å². The Bertz CT molecular complexity index is 711. The summed E-state index contributed by atoms with van der Waals surface area (Å²) in [5, 5.41) is 0.0118. The molecule has 0 aromatic rings. The smallest absolute Gasteiger partial charge is 0.145 e. The molecule has 0 fully saturated rings. The summed E-state index contributed by atoms with van der Waals surface area (Å²) in [6.45, 7) is 13.6. The monoisotopic (exact) mass is 726 g/mol. The van der Waals surface area contributed by atoms with E-state index >= 15 is 0 Å². The van der Waals surface area contributed by atoms with Crippen LogP contribution in [-0.4, -0.2) is 40.1 Å². The van der Waals surface area contributed by atoms with Crippen molar-refractivity contribution in [1.29, 1.82) is 0 Å². The lowest BCUT2D eigenvalue weighted by atomic mass is 10.1. The Kier molecular flexibility index (Phi) is 39.5. The summed E-state index contributed by atoms with van der Waals surface area (Å²) in [5.74, 6) is 2.60. The van der Waals surface area contributed by atoms with Gasteiger partial charge in [0.2, 0.25) is 0 Å². The fraction of sp³-hybridized carbons (Fsp3) is 0.889. The standard InChI is InChI=1S/C18H34OS3.C17H32OS3.CH4/c1-5-6-7-8-9-10-11-12-13-14-15-21-17(20)22-18(3,4)16(2)19;1-4-5-6-7-8-9-10-11-12-13-14-20-17(19)21-16(3)15(2)18;/h5-15H2,1-4H3;16H,4-14H2,1-3H3;1H4. The summed E-state index contributed by atoms with van der Waals surface area (Å²) in [7, 11) is 0. The first kappa shape index (κ1) is 49.3. The molecule has 0 aliphatic heterocycles. The minimum absolute atomic E-state index is 0. The third-order valence-corrected chi connectivity index (χ3v) is 13.3. The summed E-state index contributed by atoms with van der Waals surface area (Å²) in [5.41, 5.74) is 0. The van der Waals surface area contributed by atoms with E-state index in [2.05, 4.69) is 13.8 Å². The number of rotatable bonds is 26. The van der Waals surface area contributed by atoms with Gasteiger partial charge in [-0.25, -0.2) is 0 Å².